The molecule has 3 heterocycles. The molecule has 1 saturated heterocycles. The number of ether oxygens (including phenoxy) is 4. The Balaban J connectivity index is 1.32. The Kier molecular flexibility index (Phi) is 5.30. The third-order valence-corrected chi connectivity index (χ3v) is 7.22. The first-order valence-electron chi connectivity index (χ1n) is 11.9. The van der Waals surface area contributed by atoms with Crippen molar-refractivity contribution in [3.63, 3.8) is 0 Å². The zero-order valence-electron chi connectivity index (χ0n) is 19.6. The summed E-state index contributed by atoms with van der Waals surface area (Å²) in [5.41, 5.74) is -0.0433. The van der Waals surface area contributed by atoms with Crippen LogP contribution in [0, 0.1) is 6.92 Å². The number of fused-ring (bicyclic) bond motifs is 2. The summed E-state index contributed by atoms with van der Waals surface area (Å²) in [5, 5.41) is 11.5. The average Bonchev–Trinajstić information content (AvgIpc) is 3.53. The van der Waals surface area contributed by atoms with Gasteiger partial charge in [-0.05, 0) is 30.9 Å². The topological polar surface area (TPSA) is 92.0 Å². The van der Waals surface area contributed by atoms with Gasteiger partial charge in [-0.1, -0.05) is 60.7 Å². The first-order valence-corrected chi connectivity index (χ1v) is 11.9. The van der Waals surface area contributed by atoms with Gasteiger partial charge >= 0.3 is 11.9 Å². The normalized spacial score (nSPS) is 27.8. The van der Waals surface area contributed by atoms with Crippen LogP contribution in [0.25, 0.3) is 0 Å². The lowest BCUT2D eigenvalue weighted by Crippen LogP contribution is -2.59. The van der Waals surface area contributed by atoms with Crippen molar-refractivity contribution < 1.29 is 24.1 Å². The zero-order valence-corrected chi connectivity index (χ0v) is 19.6. The number of aliphatic hydroxyl groups is 1. The number of nitrogens with zero attached hydrogens (tertiary/aromatic N) is 2. The molecule has 6 rings (SSSR count). The van der Waals surface area contributed by atoms with Gasteiger partial charge in [-0.25, -0.2) is 4.57 Å². The van der Waals surface area contributed by atoms with Crippen LogP contribution < -0.4 is 10.3 Å². The van der Waals surface area contributed by atoms with Crippen molar-refractivity contribution >= 4 is 0 Å². The van der Waals surface area contributed by atoms with E-state index >= 15 is 0 Å². The van der Waals surface area contributed by atoms with Crippen LogP contribution in [0.15, 0.2) is 71.7 Å². The Bertz CT molecular complexity index is 1280. The molecule has 2 fully saturated rings. The summed E-state index contributed by atoms with van der Waals surface area (Å²) in [7, 11) is 0. The largest absolute Gasteiger partial charge is 0.412 e. The van der Waals surface area contributed by atoms with Gasteiger partial charge in [0.2, 0.25) is 0 Å². The highest BCUT2D eigenvalue weighted by Gasteiger charge is 2.74. The number of aryl methyl sites for hydroxylation is 1. The SMILES string of the molecule is Cc1cn2c(nc1=O)O[C@@]21CC(OCc2ccccc2)[C@@](COCc2ccccc2)(C2(O)CC2)O1. The third kappa shape index (κ3) is 3.77. The minimum absolute atomic E-state index is 0.130. The number of hydrogen-bond donors (Lipinski definition) is 1. The number of hydrogen-bond acceptors (Lipinski definition) is 7. The maximum absolute atomic E-state index is 12.0. The second-order valence-corrected chi connectivity index (χ2v) is 9.69. The molecule has 0 amide bonds. The fraction of sp³-hybridized carbons (Fsp3) is 0.407. The monoisotopic (exact) mass is 476 g/mol. The van der Waals surface area contributed by atoms with Crippen LogP contribution in [0.2, 0.25) is 0 Å². The van der Waals surface area contributed by atoms with Crippen LogP contribution in [-0.2, 0) is 33.3 Å². The van der Waals surface area contributed by atoms with Crippen molar-refractivity contribution in [1.29, 1.82) is 0 Å². The summed E-state index contributed by atoms with van der Waals surface area (Å²) in [6.45, 7) is 2.57. The standard InChI is InChI=1S/C27H28N2O6/c1-19-15-29-24(28-23(19)30)34-27(29)14-22(33-17-21-10-6-3-7-11-21)26(35-27,25(31)12-13-25)18-32-16-20-8-4-2-5-9-20/h2-11,15,22,31H,12-14,16-18H2,1H3/t22?,26-,27+/m0/s1. The van der Waals surface area contributed by atoms with Gasteiger partial charge in [-0.3, -0.25) is 4.79 Å². The van der Waals surface area contributed by atoms with Crippen molar-refractivity contribution in [2.45, 2.75) is 62.6 Å². The zero-order chi connectivity index (χ0) is 24.1. The van der Waals surface area contributed by atoms with E-state index in [2.05, 4.69) is 4.98 Å². The van der Waals surface area contributed by atoms with Crippen LogP contribution in [0.1, 0.15) is 36.0 Å². The molecular formula is C27H28N2O6. The molecule has 0 bridgehead atoms. The lowest BCUT2D eigenvalue weighted by molar-refractivity contribution is -0.333. The second-order valence-electron chi connectivity index (χ2n) is 9.69. The van der Waals surface area contributed by atoms with Crippen molar-refractivity contribution in [3.8, 4) is 6.01 Å². The van der Waals surface area contributed by atoms with Crippen molar-refractivity contribution in [3.05, 3.63) is 93.9 Å². The van der Waals surface area contributed by atoms with E-state index in [0.29, 0.717) is 38.0 Å². The molecule has 1 aliphatic carbocycles. The lowest BCUT2D eigenvalue weighted by atomic mass is 9.88. The van der Waals surface area contributed by atoms with Crippen LogP contribution in [0.3, 0.4) is 0 Å². The summed E-state index contributed by atoms with van der Waals surface area (Å²) in [6.07, 6.45) is 2.67. The lowest BCUT2D eigenvalue weighted by Gasteiger charge is -2.44. The van der Waals surface area contributed by atoms with Crippen LogP contribution >= 0.6 is 0 Å². The van der Waals surface area contributed by atoms with Gasteiger partial charge in [0, 0.05) is 11.8 Å². The Morgan fingerprint density at radius 3 is 2.37 bits per heavy atom. The Morgan fingerprint density at radius 1 is 1.06 bits per heavy atom. The van der Waals surface area contributed by atoms with Gasteiger partial charge in [0.15, 0.2) is 5.60 Å². The van der Waals surface area contributed by atoms with Gasteiger partial charge in [-0.15, -0.1) is 0 Å². The molecule has 8 heteroatoms. The number of aromatic nitrogens is 2. The molecule has 1 N–H and O–H groups in total. The molecular weight excluding hydrogens is 448 g/mol. The molecule has 3 atom stereocenters. The Hall–Kier alpha value is -3.04. The van der Waals surface area contributed by atoms with Gasteiger partial charge in [0.25, 0.3) is 5.56 Å². The average molecular weight is 477 g/mol. The molecule has 3 aliphatic rings. The van der Waals surface area contributed by atoms with E-state index in [0.717, 1.165) is 11.1 Å². The first kappa shape index (κ1) is 22.4. The predicted octanol–water partition coefficient (Wildman–Crippen LogP) is 3.04. The summed E-state index contributed by atoms with van der Waals surface area (Å²) < 4.78 is 27.0. The molecule has 2 aliphatic heterocycles. The minimum Gasteiger partial charge on any atom is -0.412 e. The summed E-state index contributed by atoms with van der Waals surface area (Å²) in [6, 6.07) is 20.0. The van der Waals surface area contributed by atoms with E-state index in [-0.39, 0.29) is 18.2 Å². The minimum atomic E-state index is -1.21. The van der Waals surface area contributed by atoms with Crippen LogP contribution in [-0.4, -0.2) is 38.6 Å². The quantitative estimate of drug-likeness (QED) is 0.534. The molecule has 182 valence electrons. The molecule has 1 saturated carbocycles. The molecule has 3 aromatic rings. The van der Waals surface area contributed by atoms with E-state index in [9.17, 15) is 9.90 Å². The molecule has 8 nitrogen and oxygen atoms in total. The van der Waals surface area contributed by atoms with Gasteiger partial charge in [-0.2, -0.15) is 4.98 Å². The van der Waals surface area contributed by atoms with E-state index in [4.69, 9.17) is 18.9 Å². The van der Waals surface area contributed by atoms with Crippen LogP contribution in [0.5, 0.6) is 6.01 Å². The number of benzene rings is 2. The van der Waals surface area contributed by atoms with Crippen molar-refractivity contribution in [1.82, 2.24) is 9.55 Å². The summed E-state index contributed by atoms with van der Waals surface area (Å²) >= 11 is 0. The van der Waals surface area contributed by atoms with Crippen molar-refractivity contribution in [2.75, 3.05) is 6.61 Å². The third-order valence-electron chi connectivity index (χ3n) is 7.22. The Morgan fingerprint density at radius 2 is 1.71 bits per heavy atom. The fourth-order valence-corrected chi connectivity index (χ4v) is 5.06. The van der Waals surface area contributed by atoms with Crippen LogP contribution in [0.4, 0.5) is 0 Å². The maximum atomic E-state index is 12.0. The highest BCUT2D eigenvalue weighted by atomic mass is 16.8. The van der Waals surface area contributed by atoms with E-state index in [1.807, 2.05) is 60.7 Å². The number of rotatable bonds is 8. The summed E-state index contributed by atoms with van der Waals surface area (Å²) in [4.78, 5) is 16.0. The fourth-order valence-electron chi connectivity index (χ4n) is 5.06. The molecule has 2 aromatic carbocycles. The van der Waals surface area contributed by atoms with E-state index in [1.54, 1.807) is 17.7 Å². The molecule has 1 spiro atoms. The summed E-state index contributed by atoms with van der Waals surface area (Å²) in [5.74, 6) is -1.21. The molecule has 0 radical (unpaired) electrons. The highest BCUT2D eigenvalue weighted by Crippen LogP contribution is 2.59. The highest BCUT2D eigenvalue weighted by molar-refractivity contribution is 5.24. The smallest absolute Gasteiger partial charge is 0.308 e. The van der Waals surface area contributed by atoms with E-state index < -0.39 is 23.2 Å². The Labute approximate surface area is 203 Å². The van der Waals surface area contributed by atoms with E-state index in [1.165, 1.54) is 0 Å². The second kappa shape index (κ2) is 8.27. The molecule has 35 heavy (non-hydrogen) atoms. The van der Waals surface area contributed by atoms with Gasteiger partial charge in [0.05, 0.1) is 31.8 Å². The molecule has 1 aromatic heterocycles. The first-order chi connectivity index (χ1) is 16.9. The van der Waals surface area contributed by atoms with Gasteiger partial charge in [0.1, 0.15) is 6.10 Å². The predicted molar refractivity (Wildman–Crippen MR) is 126 cm³/mol. The van der Waals surface area contributed by atoms with Crippen molar-refractivity contribution in [2.24, 2.45) is 0 Å². The molecule has 1 unspecified atom stereocenters. The maximum Gasteiger partial charge on any atom is 0.308 e. The van der Waals surface area contributed by atoms with Gasteiger partial charge < -0.3 is 24.1 Å².